The van der Waals surface area contributed by atoms with E-state index in [4.69, 9.17) is 9.47 Å². The van der Waals surface area contributed by atoms with E-state index >= 15 is 0 Å². The van der Waals surface area contributed by atoms with Crippen molar-refractivity contribution in [3.8, 4) is 5.75 Å². The normalized spacial score (nSPS) is 17.1. The highest BCUT2D eigenvalue weighted by Crippen LogP contribution is 2.34. The summed E-state index contributed by atoms with van der Waals surface area (Å²) in [6.07, 6.45) is 1.26. The van der Waals surface area contributed by atoms with Crippen LogP contribution in [0.25, 0.3) is 0 Å². The fraction of sp³-hybridized carbons (Fsp3) is 0.458. The van der Waals surface area contributed by atoms with Gasteiger partial charge in [-0.3, -0.25) is 4.79 Å². The van der Waals surface area contributed by atoms with E-state index < -0.39 is 6.10 Å². The van der Waals surface area contributed by atoms with Crippen molar-refractivity contribution in [2.24, 2.45) is 0 Å². The van der Waals surface area contributed by atoms with E-state index in [1.807, 2.05) is 31.2 Å². The Balaban J connectivity index is 1.66. The first-order valence-electron chi connectivity index (χ1n) is 10.2. The van der Waals surface area contributed by atoms with Gasteiger partial charge in [-0.15, -0.1) is 0 Å². The maximum Gasteiger partial charge on any atom is 0.260 e. The Morgan fingerprint density at radius 2 is 1.68 bits per heavy atom. The fourth-order valence-corrected chi connectivity index (χ4v) is 3.83. The monoisotopic (exact) mass is 381 g/mol. The summed E-state index contributed by atoms with van der Waals surface area (Å²) in [6.45, 7) is 8.10. The molecule has 150 valence electrons. The second kappa shape index (κ2) is 9.24. The molecule has 0 aromatic heterocycles. The number of para-hydroxylation sites is 1. The summed E-state index contributed by atoms with van der Waals surface area (Å²) in [5.41, 5.74) is 2.30. The number of benzene rings is 2. The minimum atomic E-state index is -0.549. The average Bonchev–Trinajstić information content (AvgIpc) is 2.73. The summed E-state index contributed by atoms with van der Waals surface area (Å²) < 4.78 is 11.6. The molecule has 1 heterocycles. The number of rotatable bonds is 7. The summed E-state index contributed by atoms with van der Waals surface area (Å²) in [5.74, 6) is 1.04. The zero-order valence-electron chi connectivity index (χ0n) is 17.1. The molecule has 0 bridgehead atoms. The first-order valence-corrected chi connectivity index (χ1v) is 10.2. The van der Waals surface area contributed by atoms with Crippen LogP contribution in [0.3, 0.4) is 0 Å². The van der Waals surface area contributed by atoms with Crippen molar-refractivity contribution in [3.63, 3.8) is 0 Å². The minimum Gasteiger partial charge on any atom is -0.481 e. The third-order valence-electron chi connectivity index (χ3n) is 5.65. The Morgan fingerprint density at radius 3 is 2.36 bits per heavy atom. The smallest absolute Gasteiger partial charge is 0.260 e. The Hall–Kier alpha value is -2.33. The molecule has 0 aliphatic carbocycles. The van der Waals surface area contributed by atoms with Gasteiger partial charge in [0.05, 0.1) is 0 Å². The van der Waals surface area contributed by atoms with Crippen LogP contribution in [0.5, 0.6) is 5.75 Å². The van der Waals surface area contributed by atoms with Crippen molar-refractivity contribution >= 4 is 5.91 Å². The molecule has 2 aromatic carbocycles. The van der Waals surface area contributed by atoms with Gasteiger partial charge in [0.2, 0.25) is 0 Å². The topological polar surface area (TPSA) is 47.6 Å². The van der Waals surface area contributed by atoms with E-state index in [0.29, 0.717) is 12.5 Å². The molecule has 0 radical (unpaired) electrons. The summed E-state index contributed by atoms with van der Waals surface area (Å²) in [4.78, 5) is 12.8. The first-order chi connectivity index (χ1) is 13.5. The molecular weight excluding hydrogens is 350 g/mol. The quantitative estimate of drug-likeness (QED) is 0.771. The van der Waals surface area contributed by atoms with E-state index in [-0.39, 0.29) is 11.3 Å². The van der Waals surface area contributed by atoms with Crippen LogP contribution in [0.1, 0.15) is 50.7 Å². The minimum absolute atomic E-state index is 0.0786. The first kappa shape index (κ1) is 20.4. The molecule has 1 fully saturated rings. The Labute approximate surface area is 168 Å². The van der Waals surface area contributed by atoms with Gasteiger partial charge in [-0.1, -0.05) is 62.4 Å². The largest absolute Gasteiger partial charge is 0.481 e. The van der Waals surface area contributed by atoms with Crippen LogP contribution in [0, 0.1) is 0 Å². The van der Waals surface area contributed by atoms with E-state index in [1.165, 1.54) is 5.56 Å². The summed E-state index contributed by atoms with van der Waals surface area (Å²) in [7, 11) is 0. The van der Waals surface area contributed by atoms with Crippen LogP contribution in [-0.4, -0.2) is 31.8 Å². The van der Waals surface area contributed by atoms with Gasteiger partial charge in [0, 0.05) is 25.2 Å². The lowest BCUT2D eigenvalue weighted by Gasteiger charge is -2.38. The second-order valence-corrected chi connectivity index (χ2v) is 7.93. The number of carbonyl (C=O) groups is 1. The molecule has 4 heteroatoms. The zero-order chi connectivity index (χ0) is 20.0. The highest BCUT2D eigenvalue weighted by Gasteiger charge is 2.35. The van der Waals surface area contributed by atoms with Crippen molar-refractivity contribution in [2.45, 2.75) is 51.0 Å². The molecule has 1 aliphatic rings. The molecule has 0 spiro atoms. The van der Waals surface area contributed by atoms with Gasteiger partial charge in [0.25, 0.3) is 5.91 Å². The van der Waals surface area contributed by atoms with Gasteiger partial charge in [0.15, 0.2) is 6.10 Å². The Bertz CT molecular complexity index is 766. The SMILES string of the molecule is CC(C)c1ccccc1O[C@H](C)C(=O)NCC1(c2ccccc2)CCOCC1. The molecule has 1 atom stereocenters. The second-order valence-electron chi connectivity index (χ2n) is 7.93. The highest BCUT2D eigenvalue weighted by molar-refractivity contribution is 5.80. The summed E-state index contributed by atoms with van der Waals surface area (Å²) in [5, 5.41) is 3.14. The average molecular weight is 382 g/mol. The summed E-state index contributed by atoms with van der Waals surface area (Å²) >= 11 is 0. The molecule has 1 aliphatic heterocycles. The number of amides is 1. The zero-order valence-corrected chi connectivity index (χ0v) is 17.1. The van der Waals surface area contributed by atoms with Crippen LogP contribution >= 0.6 is 0 Å². The van der Waals surface area contributed by atoms with Gasteiger partial charge in [0.1, 0.15) is 5.75 Å². The molecular formula is C24H31NO3. The van der Waals surface area contributed by atoms with Gasteiger partial charge >= 0.3 is 0 Å². The maximum atomic E-state index is 12.8. The Kier molecular flexibility index (Phi) is 6.74. The van der Waals surface area contributed by atoms with Crippen molar-refractivity contribution in [1.29, 1.82) is 0 Å². The van der Waals surface area contributed by atoms with Gasteiger partial charge in [-0.05, 0) is 42.9 Å². The van der Waals surface area contributed by atoms with Crippen molar-refractivity contribution in [1.82, 2.24) is 5.32 Å². The molecule has 0 unspecified atom stereocenters. The van der Waals surface area contributed by atoms with Crippen molar-refractivity contribution < 1.29 is 14.3 Å². The summed E-state index contributed by atoms with van der Waals surface area (Å²) in [6, 6.07) is 18.4. The lowest BCUT2D eigenvalue weighted by molar-refractivity contribution is -0.127. The number of ether oxygens (including phenoxy) is 2. The van der Waals surface area contributed by atoms with E-state index in [0.717, 1.165) is 37.4 Å². The van der Waals surface area contributed by atoms with Crippen LogP contribution in [0.4, 0.5) is 0 Å². The van der Waals surface area contributed by atoms with E-state index in [2.05, 4.69) is 49.5 Å². The van der Waals surface area contributed by atoms with Gasteiger partial charge in [-0.25, -0.2) is 0 Å². The van der Waals surface area contributed by atoms with Crippen LogP contribution < -0.4 is 10.1 Å². The van der Waals surface area contributed by atoms with Crippen LogP contribution in [0.15, 0.2) is 54.6 Å². The maximum absolute atomic E-state index is 12.8. The molecule has 4 nitrogen and oxygen atoms in total. The number of hydrogen-bond acceptors (Lipinski definition) is 3. The molecule has 1 N–H and O–H groups in total. The van der Waals surface area contributed by atoms with E-state index in [1.54, 1.807) is 0 Å². The third-order valence-corrected chi connectivity index (χ3v) is 5.65. The number of nitrogens with one attached hydrogen (secondary N) is 1. The predicted octanol–water partition coefficient (Wildman–Crippen LogP) is 4.44. The Morgan fingerprint density at radius 1 is 1.04 bits per heavy atom. The predicted molar refractivity (Wildman–Crippen MR) is 112 cm³/mol. The molecule has 1 amide bonds. The highest BCUT2D eigenvalue weighted by atomic mass is 16.5. The molecule has 3 rings (SSSR count). The molecule has 28 heavy (non-hydrogen) atoms. The lowest BCUT2D eigenvalue weighted by Crippen LogP contribution is -2.47. The van der Waals surface area contributed by atoms with Crippen LogP contribution in [0.2, 0.25) is 0 Å². The molecule has 1 saturated heterocycles. The van der Waals surface area contributed by atoms with E-state index in [9.17, 15) is 4.79 Å². The van der Waals surface area contributed by atoms with Gasteiger partial charge in [-0.2, -0.15) is 0 Å². The van der Waals surface area contributed by atoms with Crippen molar-refractivity contribution in [3.05, 3.63) is 65.7 Å². The lowest BCUT2D eigenvalue weighted by atomic mass is 9.74. The number of hydrogen-bond donors (Lipinski definition) is 1. The number of carbonyl (C=O) groups excluding carboxylic acids is 1. The molecule has 0 saturated carbocycles. The standard InChI is InChI=1S/C24H31NO3/c1-18(2)21-11-7-8-12-22(21)28-19(3)23(26)25-17-24(13-15-27-16-14-24)20-9-5-4-6-10-20/h4-12,18-19H,13-17H2,1-3H3,(H,25,26)/t19-/m1/s1. The third kappa shape index (κ3) is 4.74. The fourth-order valence-electron chi connectivity index (χ4n) is 3.83. The molecule has 2 aromatic rings. The van der Waals surface area contributed by atoms with Crippen molar-refractivity contribution in [2.75, 3.05) is 19.8 Å². The van der Waals surface area contributed by atoms with Gasteiger partial charge < -0.3 is 14.8 Å². The van der Waals surface area contributed by atoms with Crippen LogP contribution in [-0.2, 0) is 14.9 Å².